The third-order valence-corrected chi connectivity index (χ3v) is 1.99. The summed E-state index contributed by atoms with van der Waals surface area (Å²) in [4.78, 5) is 11.0. The largest absolute Gasteiger partial charge is 1.00 e. The van der Waals surface area contributed by atoms with Crippen LogP contribution in [0.25, 0.3) is 0 Å². The predicted octanol–water partition coefficient (Wildman–Crippen LogP) is -2.38. The molecule has 0 atom stereocenters. The molecule has 0 heterocycles. The fraction of sp³-hybridized carbons (Fsp3) is 0.625. The normalized spacial score (nSPS) is 18.5. The molecular weight excluding hydrogens is 151 g/mol. The van der Waals surface area contributed by atoms with Crippen LogP contribution in [0.3, 0.4) is 0 Å². The maximum Gasteiger partial charge on any atom is 1.00 e. The van der Waals surface area contributed by atoms with E-state index < -0.39 is 0 Å². The Morgan fingerprint density at radius 1 is 1.36 bits per heavy atom. The molecule has 0 unspecified atom stereocenters. The Morgan fingerprint density at radius 3 is 2.36 bits per heavy atom. The molecule has 0 aromatic carbocycles. The number of hydrogen-bond donors (Lipinski definition) is 0. The molecule has 0 spiro atoms. The summed E-state index contributed by atoms with van der Waals surface area (Å²) in [5.41, 5.74) is 0. The van der Waals surface area contributed by atoms with Gasteiger partial charge < -0.3 is 5.11 Å². The van der Waals surface area contributed by atoms with Crippen LogP contribution >= 0.6 is 0 Å². The van der Waals surface area contributed by atoms with Gasteiger partial charge in [-0.25, -0.2) is 0 Å². The van der Waals surface area contributed by atoms with Gasteiger partial charge in [0.15, 0.2) is 5.78 Å². The molecule has 0 aromatic rings. The SMILES string of the molecule is O=C(C=C[O-])C1CCCC1.[Na+]. The molecule has 1 rings (SSSR count). The van der Waals surface area contributed by atoms with Gasteiger partial charge in [0.1, 0.15) is 0 Å². The van der Waals surface area contributed by atoms with Crippen LogP contribution in [0.1, 0.15) is 25.7 Å². The van der Waals surface area contributed by atoms with Crippen molar-refractivity contribution in [3.05, 3.63) is 12.3 Å². The maximum atomic E-state index is 11.0. The zero-order chi connectivity index (χ0) is 7.40. The molecular formula is C8H11NaO2. The Bertz CT molecular complexity index is 148. The summed E-state index contributed by atoms with van der Waals surface area (Å²) in [6.45, 7) is 0. The second kappa shape index (κ2) is 5.81. The van der Waals surface area contributed by atoms with Crippen molar-refractivity contribution in [3.8, 4) is 0 Å². The molecule has 1 aliphatic rings. The molecule has 1 aliphatic carbocycles. The summed E-state index contributed by atoms with van der Waals surface area (Å²) >= 11 is 0. The van der Waals surface area contributed by atoms with E-state index in [0.717, 1.165) is 31.8 Å². The van der Waals surface area contributed by atoms with Crippen molar-refractivity contribution < 1.29 is 39.5 Å². The minimum Gasteiger partial charge on any atom is -0.878 e. The minimum absolute atomic E-state index is 0. The number of carbonyl (C=O) groups is 1. The molecule has 0 amide bonds. The topological polar surface area (TPSA) is 40.1 Å². The summed E-state index contributed by atoms with van der Waals surface area (Å²) < 4.78 is 0. The first-order chi connectivity index (χ1) is 4.84. The minimum atomic E-state index is 0. The average Bonchev–Trinajstić information content (AvgIpc) is 2.38. The Kier molecular flexibility index (Phi) is 5.92. The van der Waals surface area contributed by atoms with Gasteiger partial charge in [0.2, 0.25) is 0 Å². The van der Waals surface area contributed by atoms with Gasteiger partial charge >= 0.3 is 29.6 Å². The van der Waals surface area contributed by atoms with Gasteiger partial charge in [-0.3, -0.25) is 4.79 Å². The third-order valence-electron chi connectivity index (χ3n) is 1.99. The van der Waals surface area contributed by atoms with E-state index in [1.165, 1.54) is 0 Å². The Morgan fingerprint density at radius 2 is 1.91 bits per heavy atom. The van der Waals surface area contributed by atoms with E-state index in [1.54, 1.807) is 0 Å². The molecule has 2 nitrogen and oxygen atoms in total. The quantitative estimate of drug-likeness (QED) is 0.258. The summed E-state index contributed by atoms with van der Waals surface area (Å²) in [5, 5.41) is 9.90. The molecule has 0 radical (unpaired) electrons. The first-order valence-corrected chi connectivity index (χ1v) is 3.67. The van der Waals surface area contributed by atoms with Crippen molar-refractivity contribution >= 4 is 5.78 Å². The fourth-order valence-corrected chi connectivity index (χ4v) is 1.41. The van der Waals surface area contributed by atoms with Crippen molar-refractivity contribution in [2.24, 2.45) is 5.92 Å². The Labute approximate surface area is 89.0 Å². The van der Waals surface area contributed by atoms with E-state index in [2.05, 4.69) is 0 Å². The molecule has 3 heteroatoms. The fourth-order valence-electron chi connectivity index (χ4n) is 1.41. The van der Waals surface area contributed by atoms with Gasteiger partial charge in [0.05, 0.1) is 0 Å². The number of hydrogen-bond acceptors (Lipinski definition) is 2. The van der Waals surface area contributed by atoms with E-state index in [-0.39, 0.29) is 41.3 Å². The van der Waals surface area contributed by atoms with Crippen LogP contribution in [0.15, 0.2) is 12.3 Å². The molecule has 56 valence electrons. The maximum absolute atomic E-state index is 11.0. The number of ketones is 1. The van der Waals surface area contributed by atoms with Crippen LogP contribution in [-0.2, 0) is 4.79 Å². The smallest absolute Gasteiger partial charge is 0.878 e. The molecule has 0 aromatic heterocycles. The van der Waals surface area contributed by atoms with Crippen LogP contribution < -0.4 is 34.7 Å². The van der Waals surface area contributed by atoms with Crippen LogP contribution in [-0.4, -0.2) is 5.78 Å². The van der Waals surface area contributed by atoms with Gasteiger partial charge in [-0.05, 0) is 18.9 Å². The number of rotatable bonds is 2. The summed E-state index contributed by atoms with van der Waals surface area (Å²) in [6.07, 6.45) is 5.97. The zero-order valence-electron chi connectivity index (χ0n) is 6.88. The molecule has 11 heavy (non-hydrogen) atoms. The van der Waals surface area contributed by atoms with Crippen LogP contribution in [0.5, 0.6) is 0 Å². The Hall–Kier alpha value is 0.210. The van der Waals surface area contributed by atoms with Crippen LogP contribution in [0.4, 0.5) is 0 Å². The van der Waals surface area contributed by atoms with E-state index in [4.69, 9.17) is 0 Å². The first kappa shape index (κ1) is 11.2. The van der Waals surface area contributed by atoms with Crippen LogP contribution in [0, 0.1) is 5.92 Å². The molecule has 1 fully saturated rings. The summed E-state index contributed by atoms with van der Waals surface area (Å²) in [5.74, 6) is 0.178. The Balaban J connectivity index is 0.000001000. The van der Waals surface area contributed by atoms with Crippen molar-refractivity contribution in [2.75, 3.05) is 0 Å². The van der Waals surface area contributed by atoms with Crippen molar-refractivity contribution in [2.45, 2.75) is 25.7 Å². The summed E-state index contributed by atoms with van der Waals surface area (Å²) in [6, 6.07) is 0. The van der Waals surface area contributed by atoms with Crippen molar-refractivity contribution in [3.63, 3.8) is 0 Å². The second-order valence-corrected chi connectivity index (χ2v) is 2.69. The van der Waals surface area contributed by atoms with Gasteiger partial charge in [-0.1, -0.05) is 12.8 Å². The van der Waals surface area contributed by atoms with Crippen molar-refractivity contribution in [1.82, 2.24) is 0 Å². The molecule has 0 bridgehead atoms. The molecule has 1 saturated carbocycles. The van der Waals surface area contributed by atoms with E-state index in [1.807, 2.05) is 0 Å². The molecule has 0 aliphatic heterocycles. The predicted molar refractivity (Wildman–Crippen MR) is 36.1 cm³/mol. The third kappa shape index (κ3) is 3.41. The van der Waals surface area contributed by atoms with Crippen molar-refractivity contribution in [1.29, 1.82) is 0 Å². The van der Waals surface area contributed by atoms with Gasteiger partial charge in [-0.2, -0.15) is 0 Å². The average molecular weight is 162 g/mol. The van der Waals surface area contributed by atoms with Gasteiger partial charge in [-0.15, -0.1) is 6.26 Å². The number of allylic oxidation sites excluding steroid dienone is 1. The number of carbonyl (C=O) groups excluding carboxylic acids is 1. The van der Waals surface area contributed by atoms with E-state index in [9.17, 15) is 9.90 Å². The zero-order valence-corrected chi connectivity index (χ0v) is 8.88. The van der Waals surface area contributed by atoms with Crippen LogP contribution in [0.2, 0.25) is 0 Å². The summed E-state index contributed by atoms with van der Waals surface area (Å²) in [7, 11) is 0. The van der Waals surface area contributed by atoms with E-state index >= 15 is 0 Å². The van der Waals surface area contributed by atoms with E-state index in [0.29, 0.717) is 6.26 Å². The molecule has 0 saturated heterocycles. The first-order valence-electron chi connectivity index (χ1n) is 3.67. The van der Waals surface area contributed by atoms with Gasteiger partial charge in [0.25, 0.3) is 0 Å². The standard InChI is InChI=1S/C8H12O2.Na/c9-6-5-8(10)7-3-1-2-4-7;/h5-7,9H,1-4H2;/q;+1/p-1. The van der Waals surface area contributed by atoms with Gasteiger partial charge in [0, 0.05) is 5.92 Å². The second-order valence-electron chi connectivity index (χ2n) is 2.69. The molecule has 0 N–H and O–H groups in total. The monoisotopic (exact) mass is 162 g/mol.